The molecule has 1 fully saturated rings. The minimum Gasteiger partial charge on any atom is -0.388 e. The van der Waals surface area contributed by atoms with E-state index in [0.717, 1.165) is 25.1 Å². The van der Waals surface area contributed by atoms with Crippen molar-refractivity contribution in [2.75, 3.05) is 13.1 Å². The number of hydrogen-bond acceptors (Lipinski definition) is 3. The third-order valence-corrected chi connectivity index (χ3v) is 2.88. The molecule has 4 heteroatoms. The van der Waals surface area contributed by atoms with E-state index in [1.165, 1.54) is 0 Å². The second-order valence-corrected chi connectivity index (χ2v) is 4.18. The molecule has 2 heterocycles. The van der Waals surface area contributed by atoms with Crippen LogP contribution in [0, 0.1) is 0 Å². The molecule has 14 heavy (non-hydrogen) atoms. The third kappa shape index (κ3) is 1.96. The van der Waals surface area contributed by atoms with Gasteiger partial charge in [-0.3, -0.25) is 0 Å². The molecule has 0 spiro atoms. The van der Waals surface area contributed by atoms with Crippen LogP contribution in [0.15, 0.2) is 12.5 Å². The Morgan fingerprint density at radius 3 is 3.14 bits per heavy atom. The lowest BCUT2D eigenvalue weighted by Gasteiger charge is -2.32. The first-order chi connectivity index (χ1) is 6.70. The SMILES string of the molecule is Cn1cncc1CC1(O)CCCNC1. The van der Waals surface area contributed by atoms with Gasteiger partial charge in [-0.15, -0.1) is 0 Å². The van der Waals surface area contributed by atoms with Crippen molar-refractivity contribution in [1.29, 1.82) is 0 Å². The first-order valence-electron chi connectivity index (χ1n) is 5.08. The van der Waals surface area contributed by atoms with Crippen molar-refractivity contribution >= 4 is 0 Å². The molecule has 1 aliphatic rings. The molecule has 1 aromatic heterocycles. The molecular weight excluding hydrogens is 178 g/mol. The quantitative estimate of drug-likeness (QED) is 0.702. The molecule has 0 amide bonds. The zero-order valence-corrected chi connectivity index (χ0v) is 8.53. The highest BCUT2D eigenvalue weighted by molar-refractivity contribution is 5.04. The van der Waals surface area contributed by atoms with E-state index in [-0.39, 0.29) is 0 Å². The summed E-state index contributed by atoms with van der Waals surface area (Å²) >= 11 is 0. The Bertz CT molecular complexity index is 302. The Labute approximate surface area is 84.0 Å². The fourth-order valence-corrected chi connectivity index (χ4v) is 1.99. The molecule has 1 aliphatic heterocycles. The van der Waals surface area contributed by atoms with E-state index in [1.54, 1.807) is 6.33 Å². The molecule has 2 N–H and O–H groups in total. The number of aryl methyl sites for hydroxylation is 1. The lowest BCUT2D eigenvalue weighted by molar-refractivity contribution is 0.0155. The molecule has 1 atom stereocenters. The van der Waals surface area contributed by atoms with Crippen molar-refractivity contribution < 1.29 is 5.11 Å². The lowest BCUT2D eigenvalue weighted by Crippen LogP contribution is -2.47. The fourth-order valence-electron chi connectivity index (χ4n) is 1.99. The van der Waals surface area contributed by atoms with Gasteiger partial charge >= 0.3 is 0 Å². The zero-order valence-electron chi connectivity index (χ0n) is 8.53. The van der Waals surface area contributed by atoms with E-state index in [1.807, 2.05) is 17.8 Å². The van der Waals surface area contributed by atoms with Crippen molar-refractivity contribution in [3.8, 4) is 0 Å². The van der Waals surface area contributed by atoms with Crippen molar-refractivity contribution in [1.82, 2.24) is 14.9 Å². The standard InChI is InChI=1S/C10H17N3O/c1-13-8-12-6-9(13)5-10(14)3-2-4-11-7-10/h6,8,11,14H,2-5,7H2,1H3. The summed E-state index contributed by atoms with van der Waals surface area (Å²) in [4.78, 5) is 4.05. The Balaban J connectivity index is 2.05. The van der Waals surface area contributed by atoms with E-state index < -0.39 is 5.60 Å². The molecule has 4 nitrogen and oxygen atoms in total. The molecule has 78 valence electrons. The van der Waals surface area contributed by atoms with E-state index in [4.69, 9.17) is 0 Å². The Morgan fingerprint density at radius 1 is 1.71 bits per heavy atom. The van der Waals surface area contributed by atoms with Crippen LogP contribution in [0.1, 0.15) is 18.5 Å². The Kier molecular flexibility index (Phi) is 2.56. The van der Waals surface area contributed by atoms with Crippen molar-refractivity contribution in [2.45, 2.75) is 24.9 Å². The van der Waals surface area contributed by atoms with Gasteiger partial charge in [-0.25, -0.2) is 4.98 Å². The fraction of sp³-hybridized carbons (Fsp3) is 0.700. The topological polar surface area (TPSA) is 50.1 Å². The van der Waals surface area contributed by atoms with Gasteiger partial charge in [0.15, 0.2) is 0 Å². The predicted octanol–water partition coefficient (Wildman–Crippen LogP) is 0.0771. The highest BCUT2D eigenvalue weighted by atomic mass is 16.3. The van der Waals surface area contributed by atoms with Crippen LogP contribution in [0.2, 0.25) is 0 Å². The van der Waals surface area contributed by atoms with Gasteiger partial charge in [-0.2, -0.15) is 0 Å². The smallest absolute Gasteiger partial charge is 0.0945 e. The summed E-state index contributed by atoms with van der Waals surface area (Å²) < 4.78 is 1.96. The third-order valence-electron chi connectivity index (χ3n) is 2.88. The molecule has 0 bridgehead atoms. The maximum Gasteiger partial charge on any atom is 0.0945 e. The zero-order chi connectivity index (χ0) is 10.0. The Morgan fingerprint density at radius 2 is 2.57 bits per heavy atom. The maximum absolute atomic E-state index is 10.3. The second-order valence-electron chi connectivity index (χ2n) is 4.18. The van der Waals surface area contributed by atoms with Crippen molar-refractivity contribution in [3.63, 3.8) is 0 Å². The number of aromatic nitrogens is 2. The van der Waals surface area contributed by atoms with Crippen LogP contribution in [-0.4, -0.2) is 33.3 Å². The summed E-state index contributed by atoms with van der Waals surface area (Å²) in [5, 5.41) is 13.5. The van der Waals surface area contributed by atoms with Gasteiger partial charge in [0.1, 0.15) is 0 Å². The monoisotopic (exact) mass is 195 g/mol. The summed E-state index contributed by atoms with van der Waals surface area (Å²) in [5.74, 6) is 0. The molecule has 1 saturated heterocycles. The minimum absolute atomic E-state index is 0.577. The summed E-state index contributed by atoms with van der Waals surface area (Å²) in [6.07, 6.45) is 6.22. The van der Waals surface area contributed by atoms with Gasteiger partial charge in [0, 0.05) is 31.9 Å². The summed E-state index contributed by atoms with van der Waals surface area (Å²) in [5.41, 5.74) is 0.516. The summed E-state index contributed by atoms with van der Waals surface area (Å²) in [6.45, 7) is 1.71. The van der Waals surface area contributed by atoms with Crippen LogP contribution in [0.3, 0.4) is 0 Å². The van der Waals surface area contributed by atoms with Gasteiger partial charge in [-0.05, 0) is 19.4 Å². The number of aliphatic hydroxyl groups is 1. The normalized spacial score (nSPS) is 27.9. The summed E-state index contributed by atoms with van der Waals surface area (Å²) in [6, 6.07) is 0. The predicted molar refractivity (Wildman–Crippen MR) is 54.0 cm³/mol. The van der Waals surface area contributed by atoms with Gasteiger partial charge in [0.2, 0.25) is 0 Å². The molecule has 0 saturated carbocycles. The Hall–Kier alpha value is -0.870. The summed E-state index contributed by atoms with van der Waals surface area (Å²) in [7, 11) is 1.96. The lowest BCUT2D eigenvalue weighted by atomic mass is 9.89. The first kappa shape index (κ1) is 9.68. The molecule has 0 aromatic carbocycles. The molecule has 0 radical (unpaired) electrons. The maximum atomic E-state index is 10.3. The number of nitrogens with one attached hydrogen (secondary N) is 1. The van der Waals surface area contributed by atoms with E-state index >= 15 is 0 Å². The molecular formula is C10H17N3O. The molecule has 1 unspecified atom stereocenters. The van der Waals surface area contributed by atoms with E-state index in [0.29, 0.717) is 13.0 Å². The molecule has 1 aromatic rings. The number of rotatable bonds is 2. The first-order valence-corrected chi connectivity index (χ1v) is 5.08. The largest absolute Gasteiger partial charge is 0.388 e. The van der Waals surface area contributed by atoms with Crippen LogP contribution < -0.4 is 5.32 Å². The van der Waals surface area contributed by atoms with Crippen LogP contribution in [0.5, 0.6) is 0 Å². The van der Waals surface area contributed by atoms with Crippen LogP contribution in [-0.2, 0) is 13.5 Å². The molecule has 2 rings (SSSR count). The highest BCUT2D eigenvalue weighted by Crippen LogP contribution is 2.20. The van der Waals surface area contributed by atoms with Gasteiger partial charge in [0.05, 0.1) is 11.9 Å². The van der Waals surface area contributed by atoms with Gasteiger partial charge < -0.3 is 15.0 Å². The van der Waals surface area contributed by atoms with Crippen molar-refractivity contribution in [2.24, 2.45) is 7.05 Å². The van der Waals surface area contributed by atoms with Crippen LogP contribution in [0.4, 0.5) is 0 Å². The number of hydrogen-bond donors (Lipinski definition) is 2. The highest BCUT2D eigenvalue weighted by Gasteiger charge is 2.30. The number of piperidine rings is 1. The second kappa shape index (κ2) is 3.71. The average Bonchev–Trinajstić information content (AvgIpc) is 2.52. The van der Waals surface area contributed by atoms with E-state index in [2.05, 4.69) is 10.3 Å². The van der Waals surface area contributed by atoms with Crippen LogP contribution >= 0.6 is 0 Å². The van der Waals surface area contributed by atoms with Crippen molar-refractivity contribution in [3.05, 3.63) is 18.2 Å². The average molecular weight is 195 g/mol. The number of imidazole rings is 1. The minimum atomic E-state index is -0.577. The number of β-amino-alcohol motifs (C(OH)–C–C–N with tert-alkyl or cyclic N) is 1. The van der Waals surface area contributed by atoms with Gasteiger partial charge in [-0.1, -0.05) is 0 Å². The van der Waals surface area contributed by atoms with Gasteiger partial charge in [0.25, 0.3) is 0 Å². The van der Waals surface area contributed by atoms with E-state index in [9.17, 15) is 5.11 Å². The van der Waals surface area contributed by atoms with Crippen LogP contribution in [0.25, 0.3) is 0 Å². The number of nitrogens with zero attached hydrogens (tertiary/aromatic N) is 2. The molecule has 0 aliphatic carbocycles.